The van der Waals surface area contributed by atoms with Gasteiger partial charge in [0, 0.05) is 0 Å². The van der Waals surface area contributed by atoms with Gasteiger partial charge in [0.1, 0.15) is 6.42 Å². The van der Waals surface area contributed by atoms with E-state index in [1.165, 1.54) is 0 Å². The minimum Gasteiger partial charge on any atom is -0.274 e. The van der Waals surface area contributed by atoms with Gasteiger partial charge in [-0.25, -0.2) is 30.0 Å². The number of nitrogens with one attached hydrogen (secondary N) is 1. The molecule has 0 radical (unpaired) electrons. The molecule has 0 aliphatic heterocycles. The summed E-state index contributed by atoms with van der Waals surface area (Å²) in [5, 5.41) is -16.6. The third-order valence-corrected chi connectivity index (χ3v) is 13.2. The lowest BCUT2D eigenvalue weighted by molar-refractivity contribution is -0.244. The standard InChI is InChI=1S/C9H4F15NO9S4/c10-4(11,12)1-2(26)25-38(33,34)7(17,18)5(13,14)6(15,16)35(27,28)3(36(29,30)8(19,20)21)37(31,32)9(22,23)24/h3H,1H2,(H,25,26). The van der Waals surface area contributed by atoms with Crippen LogP contribution in [0.3, 0.4) is 0 Å². The molecule has 29 heteroatoms. The molecule has 0 heterocycles. The Morgan fingerprint density at radius 2 is 0.868 bits per heavy atom. The van der Waals surface area contributed by atoms with Crippen molar-refractivity contribution in [3.8, 4) is 0 Å². The van der Waals surface area contributed by atoms with E-state index in [0.717, 1.165) is 0 Å². The van der Waals surface area contributed by atoms with E-state index in [1.807, 2.05) is 0 Å². The molecule has 0 aliphatic rings. The highest BCUT2D eigenvalue weighted by atomic mass is 32.3. The third kappa shape index (κ3) is 5.87. The molecule has 0 aliphatic carbocycles. The summed E-state index contributed by atoms with van der Waals surface area (Å²) in [5.41, 5.74) is -15.3. The van der Waals surface area contributed by atoms with Crippen molar-refractivity contribution in [2.75, 3.05) is 0 Å². The zero-order chi connectivity index (χ0) is 31.6. The van der Waals surface area contributed by atoms with Crippen molar-refractivity contribution in [3.63, 3.8) is 0 Å². The van der Waals surface area contributed by atoms with Gasteiger partial charge in [-0.15, -0.1) is 0 Å². The second-order valence-electron chi connectivity index (χ2n) is 6.24. The van der Waals surface area contributed by atoms with Gasteiger partial charge in [-0.3, -0.25) is 4.79 Å². The van der Waals surface area contributed by atoms with Gasteiger partial charge in [-0.05, 0) is 0 Å². The molecule has 0 atom stereocenters. The molecule has 0 bridgehead atoms. The van der Waals surface area contributed by atoms with Crippen LogP contribution in [0.15, 0.2) is 0 Å². The minimum absolute atomic E-state index is 0.620. The van der Waals surface area contributed by atoms with E-state index in [1.54, 1.807) is 0 Å². The van der Waals surface area contributed by atoms with E-state index in [9.17, 15) is 104 Å². The van der Waals surface area contributed by atoms with Gasteiger partial charge >= 0.3 is 43.6 Å². The van der Waals surface area contributed by atoms with E-state index in [2.05, 4.69) is 0 Å². The van der Waals surface area contributed by atoms with Crippen molar-refractivity contribution >= 4 is 45.4 Å². The van der Waals surface area contributed by atoms with E-state index in [0.29, 0.717) is 0 Å². The second-order valence-corrected chi connectivity index (χ2v) is 15.0. The maximum absolute atomic E-state index is 14.1. The smallest absolute Gasteiger partial charge is 0.274 e. The number of hydrogen-bond acceptors (Lipinski definition) is 9. The first-order valence-electron chi connectivity index (χ1n) is 7.56. The molecule has 0 saturated carbocycles. The average molecular weight is 683 g/mol. The first-order chi connectivity index (χ1) is 16.0. The van der Waals surface area contributed by atoms with E-state index in [-0.39, 0.29) is 0 Å². The van der Waals surface area contributed by atoms with Crippen LogP contribution in [0.2, 0.25) is 0 Å². The second kappa shape index (κ2) is 9.41. The van der Waals surface area contributed by atoms with Gasteiger partial charge < -0.3 is 0 Å². The highest BCUT2D eigenvalue weighted by Crippen LogP contribution is 2.54. The Morgan fingerprint density at radius 1 is 0.553 bits per heavy atom. The number of carbonyl (C=O) groups is 1. The van der Waals surface area contributed by atoms with Gasteiger partial charge in [-0.1, -0.05) is 0 Å². The lowest BCUT2D eigenvalue weighted by Crippen LogP contribution is -2.66. The van der Waals surface area contributed by atoms with Crippen molar-refractivity contribution in [3.05, 3.63) is 0 Å². The average Bonchev–Trinajstić information content (AvgIpc) is 2.55. The Labute approximate surface area is 198 Å². The summed E-state index contributed by atoms with van der Waals surface area (Å²) in [6.45, 7) is 0. The molecule has 0 saturated heterocycles. The summed E-state index contributed by atoms with van der Waals surface area (Å²) in [7, 11) is -35.0. The first-order valence-corrected chi connectivity index (χ1v) is 13.7. The highest BCUT2D eigenvalue weighted by molar-refractivity contribution is 8.25. The Kier molecular flexibility index (Phi) is 8.96. The van der Waals surface area contributed by atoms with Crippen molar-refractivity contribution in [2.24, 2.45) is 0 Å². The van der Waals surface area contributed by atoms with Crippen LogP contribution in [0.25, 0.3) is 0 Å². The van der Waals surface area contributed by atoms with Crippen LogP contribution in [-0.2, 0) is 44.3 Å². The lowest BCUT2D eigenvalue weighted by Gasteiger charge is -2.33. The summed E-state index contributed by atoms with van der Waals surface area (Å²) < 4.78 is 278. The minimum atomic E-state index is -9.38. The maximum atomic E-state index is 14.1. The Balaban J connectivity index is 7.40. The summed E-state index contributed by atoms with van der Waals surface area (Å²) >= 11 is 0. The van der Waals surface area contributed by atoms with Gasteiger partial charge in [0.2, 0.25) is 5.91 Å². The summed E-state index contributed by atoms with van der Waals surface area (Å²) in [4.78, 5) is 10.8. The number of sulfonamides is 1. The summed E-state index contributed by atoms with van der Waals surface area (Å²) in [6.07, 6.45) is -8.96. The third-order valence-electron chi connectivity index (χ3n) is 3.44. The van der Waals surface area contributed by atoms with Gasteiger partial charge in [0.05, 0.1) is 0 Å². The molecule has 1 amide bonds. The van der Waals surface area contributed by atoms with Gasteiger partial charge in [-0.2, -0.15) is 74.3 Å². The lowest BCUT2D eigenvalue weighted by atomic mass is 10.3. The quantitative estimate of drug-likeness (QED) is 0.357. The summed E-state index contributed by atoms with van der Waals surface area (Å²) in [5.74, 6) is -11.8. The number of sulfone groups is 3. The Morgan fingerprint density at radius 3 is 1.13 bits per heavy atom. The fourth-order valence-electron chi connectivity index (χ4n) is 1.79. The Bertz CT molecular complexity index is 1330. The predicted octanol–water partition coefficient (Wildman–Crippen LogP) is 1.77. The predicted molar refractivity (Wildman–Crippen MR) is 85.2 cm³/mol. The van der Waals surface area contributed by atoms with Gasteiger partial charge in [0.15, 0.2) is 0 Å². The zero-order valence-electron chi connectivity index (χ0n) is 16.3. The first kappa shape index (κ1) is 36.2. The molecule has 0 unspecified atom stereocenters. The summed E-state index contributed by atoms with van der Waals surface area (Å²) in [6, 6.07) is 0. The Hall–Kier alpha value is -1.78. The van der Waals surface area contributed by atoms with Crippen molar-refractivity contribution in [1.82, 2.24) is 4.72 Å². The topological polar surface area (TPSA) is 166 Å². The molecule has 38 heavy (non-hydrogen) atoms. The molecular formula is C9H4F15NO9S4. The molecule has 0 aromatic rings. The fourth-order valence-corrected chi connectivity index (χ4v) is 10.0. The number of rotatable bonds is 9. The highest BCUT2D eigenvalue weighted by Gasteiger charge is 2.86. The number of amides is 1. The fraction of sp³-hybridized carbons (Fsp3) is 0.889. The van der Waals surface area contributed by atoms with E-state index in [4.69, 9.17) is 0 Å². The number of alkyl halides is 15. The molecule has 0 aromatic heterocycles. The van der Waals surface area contributed by atoms with Crippen LogP contribution in [0.1, 0.15) is 6.42 Å². The van der Waals surface area contributed by atoms with E-state index < -0.39 is 94.1 Å². The number of carbonyl (C=O) groups excluding carboxylic acids is 1. The van der Waals surface area contributed by atoms with Crippen molar-refractivity contribution in [1.29, 1.82) is 0 Å². The van der Waals surface area contributed by atoms with Gasteiger partial charge in [0.25, 0.3) is 33.4 Å². The molecule has 0 aromatic carbocycles. The van der Waals surface area contributed by atoms with Crippen LogP contribution >= 0.6 is 0 Å². The normalized spacial score (nSPS) is 16.0. The molecule has 0 fully saturated rings. The molecule has 0 rings (SSSR count). The van der Waals surface area contributed by atoms with Crippen molar-refractivity contribution in [2.45, 2.75) is 44.0 Å². The van der Waals surface area contributed by atoms with Crippen LogP contribution < -0.4 is 4.72 Å². The molecule has 0 spiro atoms. The molecule has 10 nitrogen and oxygen atoms in total. The maximum Gasteiger partial charge on any atom is 0.499 e. The number of hydrogen-bond donors (Lipinski definition) is 1. The van der Waals surface area contributed by atoms with Crippen LogP contribution in [-0.4, -0.2) is 77.1 Å². The SMILES string of the molecule is O=C(CC(F)(F)F)NS(=O)(=O)C(F)(F)C(F)(F)C(F)(F)S(=O)(=O)C(S(=O)(=O)C(F)(F)F)S(=O)(=O)C(F)(F)F. The molecule has 228 valence electrons. The van der Waals surface area contributed by atoms with Crippen LogP contribution in [0.5, 0.6) is 0 Å². The van der Waals surface area contributed by atoms with Crippen LogP contribution in [0.4, 0.5) is 65.9 Å². The van der Waals surface area contributed by atoms with Crippen molar-refractivity contribution < 1.29 is 104 Å². The monoisotopic (exact) mass is 683 g/mol. The van der Waals surface area contributed by atoms with E-state index >= 15 is 0 Å². The zero-order valence-corrected chi connectivity index (χ0v) is 19.5. The van der Waals surface area contributed by atoms with Crippen LogP contribution in [0, 0.1) is 0 Å². The molecule has 1 N–H and O–H groups in total. The molecular weight excluding hydrogens is 679 g/mol. The number of halogens is 15. The largest absolute Gasteiger partial charge is 0.499 e.